The molecule has 1 aromatic rings. The lowest BCUT2D eigenvalue weighted by Gasteiger charge is -2.39. The Labute approximate surface area is 195 Å². The van der Waals surface area contributed by atoms with Crippen molar-refractivity contribution in [3.05, 3.63) is 35.4 Å². The summed E-state index contributed by atoms with van der Waals surface area (Å²) in [6.45, 7) is 8.53. The minimum Gasteiger partial charge on any atom is -0.467 e. The molecule has 174 valence electrons. The number of ether oxygens (including phenoxy) is 1. The maximum Gasteiger partial charge on any atom is 0.328 e. The van der Waals surface area contributed by atoms with E-state index in [2.05, 4.69) is 10.2 Å². The summed E-state index contributed by atoms with van der Waals surface area (Å²) < 4.78 is 4.90. The van der Waals surface area contributed by atoms with Crippen LogP contribution in [0.15, 0.2) is 24.3 Å². The number of piperidine rings is 1. The maximum absolute atomic E-state index is 12.9. The highest BCUT2D eigenvalue weighted by Crippen LogP contribution is 2.40. The number of esters is 1. The molecule has 7 nitrogen and oxygen atoms in total. The van der Waals surface area contributed by atoms with Gasteiger partial charge in [0.25, 0.3) is 5.91 Å². The second-order valence-electron chi connectivity index (χ2n) is 9.29. The van der Waals surface area contributed by atoms with Gasteiger partial charge in [-0.1, -0.05) is 26.0 Å². The fourth-order valence-electron chi connectivity index (χ4n) is 4.58. The fourth-order valence-corrected chi connectivity index (χ4v) is 4.86. The number of thiocarbonyl (C=S) groups is 1. The van der Waals surface area contributed by atoms with E-state index in [1.165, 1.54) is 14.0 Å². The van der Waals surface area contributed by atoms with Crippen LogP contribution >= 0.6 is 12.2 Å². The molecule has 1 spiro atoms. The number of benzene rings is 1. The van der Waals surface area contributed by atoms with Crippen LogP contribution in [-0.2, 0) is 9.53 Å². The van der Waals surface area contributed by atoms with Crippen molar-refractivity contribution in [1.29, 1.82) is 0 Å². The molecular formula is C24H33N3O4S. The van der Waals surface area contributed by atoms with Gasteiger partial charge in [-0.2, -0.15) is 0 Å². The monoisotopic (exact) mass is 459 g/mol. The average molecular weight is 460 g/mol. The zero-order valence-corrected chi connectivity index (χ0v) is 20.2. The van der Waals surface area contributed by atoms with Crippen molar-refractivity contribution >= 4 is 35.0 Å². The van der Waals surface area contributed by atoms with Gasteiger partial charge in [-0.25, -0.2) is 4.79 Å². The summed E-state index contributed by atoms with van der Waals surface area (Å²) in [5.74, 6) is -0.233. The SMILES string of the molecule is COC(=O)C(NC(=S)N1CCC2(CCN(C(=O)c3ccc(C(C)=O)cc3)CC2)C1)C(C)C. The molecule has 1 atom stereocenters. The van der Waals surface area contributed by atoms with Crippen molar-refractivity contribution in [2.75, 3.05) is 33.3 Å². The van der Waals surface area contributed by atoms with Crippen LogP contribution in [-0.4, -0.2) is 71.9 Å². The Morgan fingerprint density at radius 3 is 2.03 bits per heavy atom. The van der Waals surface area contributed by atoms with Crippen molar-refractivity contribution in [3.63, 3.8) is 0 Å². The van der Waals surface area contributed by atoms with Crippen LogP contribution in [0.1, 0.15) is 60.7 Å². The molecule has 1 aromatic carbocycles. The highest BCUT2D eigenvalue weighted by molar-refractivity contribution is 7.80. The van der Waals surface area contributed by atoms with Gasteiger partial charge in [-0.05, 0) is 61.9 Å². The third kappa shape index (κ3) is 5.28. The number of carbonyl (C=O) groups is 3. The van der Waals surface area contributed by atoms with Crippen LogP contribution in [0.25, 0.3) is 0 Å². The van der Waals surface area contributed by atoms with Gasteiger partial charge in [0.15, 0.2) is 10.9 Å². The molecule has 3 rings (SSSR count). The van der Waals surface area contributed by atoms with Crippen LogP contribution < -0.4 is 5.32 Å². The minimum absolute atomic E-state index is 0.00611. The molecule has 8 heteroatoms. The quantitative estimate of drug-likeness (QED) is 0.412. The number of methoxy groups -OCH3 is 1. The Morgan fingerprint density at radius 1 is 1.00 bits per heavy atom. The normalized spacial score (nSPS) is 18.5. The third-order valence-electron chi connectivity index (χ3n) is 6.78. The lowest BCUT2D eigenvalue weighted by Crippen LogP contribution is -2.51. The number of amides is 1. The Kier molecular flexibility index (Phi) is 7.54. The Balaban J connectivity index is 1.55. The van der Waals surface area contributed by atoms with Crippen molar-refractivity contribution in [1.82, 2.24) is 15.1 Å². The number of nitrogens with zero attached hydrogens (tertiary/aromatic N) is 2. The molecule has 0 bridgehead atoms. The predicted octanol–water partition coefficient (Wildman–Crippen LogP) is 2.89. The number of hydrogen-bond donors (Lipinski definition) is 1. The van der Waals surface area contributed by atoms with E-state index in [-0.39, 0.29) is 29.0 Å². The molecule has 2 saturated heterocycles. The second kappa shape index (κ2) is 9.98. The molecule has 2 aliphatic rings. The standard InChI is InChI=1S/C24H33N3O4S/c1-16(2)20(22(30)31-4)25-23(32)27-14-11-24(15-27)9-12-26(13-10-24)21(29)19-7-5-18(6-8-19)17(3)28/h5-8,16,20H,9-15H2,1-4H3,(H,25,32). The van der Waals surface area contributed by atoms with Gasteiger partial charge in [-0.15, -0.1) is 0 Å². The van der Waals surface area contributed by atoms with E-state index in [1.807, 2.05) is 18.7 Å². The summed E-state index contributed by atoms with van der Waals surface area (Å²) >= 11 is 5.60. The van der Waals surface area contributed by atoms with Crippen LogP contribution in [0, 0.1) is 11.3 Å². The molecule has 1 unspecified atom stereocenters. The highest BCUT2D eigenvalue weighted by Gasteiger charge is 2.42. The van der Waals surface area contributed by atoms with Crippen LogP contribution in [0.3, 0.4) is 0 Å². The van der Waals surface area contributed by atoms with E-state index in [4.69, 9.17) is 17.0 Å². The van der Waals surface area contributed by atoms with Crippen molar-refractivity contribution in [2.45, 2.75) is 46.1 Å². The molecule has 2 heterocycles. The Bertz CT molecular complexity index is 876. The highest BCUT2D eigenvalue weighted by atomic mass is 32.1. The molecule has 2 aliphatic heterocycles. The molecule has 32 heavy (non-hydrogen) atoms. The summed E-state index contributed by atoms with van der Waals surface area (Å²) in [4.78, 5) is 40.4. The van der Waals surface area contributed by atoms with E-state index in [9.17, 15) is 14.4 Å². The number of nitrogens with one attached hydrogen (secondary N) is 1. The smallest absolute Gasteiger partial charge is 0.328 e. The third-order valence-corrected chi connectivity index (χ3v) is 7.15. The Morgan fingerprint density at radius 2 is 1.53 bits per heavy atom. The summed E-state index contributed by atoms with van der Waals surface area (Å²) in [6, 6.07) is 6.43. The molecule has 1 amide bonds. The van der Waals surface area contributed by atoms with Gasteiger partial charge in [0.05, 0.1) is 7.11 Å². The summed E-state index contributed by atoms with van der Waals surface area (Å²) in [6.07, 6.45) is 2.87. The van der Waals surface area contributed by atoms with Gasteiger partial charge in [-0.3, -0.25) is 9.59 Å². The van der Waals surface area contributed by atoms with E-state index < -0.39 is 6.04 Å². The largest absolute Gasteiger partial charge is 0.467 e. The van der Waals surface area contributed by atoms with Gasteiger partial charge in [0.1, 0.15) is 6.04 Å². The van der Waals surface area contributed by atoms with Gasteiger partial charge in [0.2, 0.25) is 0 Å². The van der Waals surface area contributed by atoms with E-state index in [0.29, 0.717) is 29.3 Å². The zero-order valence-electron chi connectivity index (χ0n) is 19.3. The maximum atomic E-state index is 12.9. The average Bonchev–Trinajstić information content (AvgIpc) is 3.20. The Hall–Kier alpha value is -2.48. The van der Waals surface area contributed by atoms with Gasteiger partial charge >= 0.3 is 5.97 Å². The molecule has 0 aromatic heterocycles. The van der Waals surface area contributed by atoms with E-state index in [0.717, 1.165) is 32.4 Å². The molecule has 0 aliphatic carbocycles. The summed E-state index contributed by atoms with van der Waals surface area (Å²) in [5, 5.41) is 3.78. The minimum atomic E-state index is -0.460. The van der Waals surface area contributed by atoms with Crippen LogP contribution in [0.2, 0.25) is 0 Å². The molecule has 2 fully saturated rings. The fraction of sp³-hybridized carbons (Fsp3) is 0.583. The number of Topliss-reactive ketones (excluding diaryl/α,β-unsaturated/α-hetero) is 1. The molecule has 0 radical (unpaired) electrons. The number of ketones is 1. The predicted molar refractivity (Wildman–Crippen MR) is 127 cm³/mol. The molecule has 0 saturated carbocycles. The number of likely N-dealkylation sites (tertiary alicyclic amines) is 2. The van der Waals surface area contributed by atoms with Crippen LogP contribution in [0.4, 0.5) is 0 Å². The first-order valence-electron chi connectivity index (χ1n) is 11.2. The first-order chi connectivity index (χ1) is 15.2. The first kappa shape index (κ1) is 24.2. The first-order valence-corrected chi connectivity index (χ1v) is 11.6. The van der Waals surface area contributed by atoms with Crippen molar-refractivity contribution < 1.29 is 19.1 Å². The number of rotatable bonds is 5. The van der Waals surface area contributed by atoms with Gasteiger partial charge in [0, 0.05) is 37.3 Å². The number of hydrogen-bond acceptors (Lipinski definition) is 5. The molecular weight excluding hydrogens is 426 g/mol. The van der Waals surface area contributed by atoms with Crippen molar-refractivity contribution in [3.8, 4) is 0 Å². The summed E-state index contributed by atoms with van der Waals surface area (Å²) in [5.41, 5.74) is 1.37. The number of carbonyl (C=O) groups excluding carboxylic acids is 3. The van der Waals surface area contributed by atoms with Gasteiger partial charge < -0.3 is 19.9 Å². The topological polar surface area (TPSA) is 79.0 Å². The van der Waals surface area contributed by atoms with Crippen molar-refractivity contribution in [2.24, 2.45) is 11.3 Å². The summed E-state index contributed by atoms with van der Waals surface area (Å²) in [7, 11) is 1.39. The van der Waals surface area contributed by atoms with Crippen LogP contribution in [0.5, 0.6) is 0 Å². The van der Waals surface area contributed by atoms with E-state index >= 15 is 0 Å². The lowest BCUT2D eigenvalue weighted by atomic mass is 9.77. The van der Waals surface area contributed by atoms with E-state index in [1.54, 1.807) is 24.3 Å². The zero-order chi connectivity index (χ0) is 23.5. The second-order valence-corrected chi connectivity index (χ2v) is 9.68. The molecule has 1 N–H and O–H groups in total. The lowest BCUT2D eigenvalue weighted by molar-refractivity contribution is -0.143.